The summed E-state index contributed by atoms with van der Waals surface area (Å²) in [4.78, 5) is 23.4. The molecule has 1 aliphatic carbocycles. The van der Waals surface area contributed by atoms with Crippen LogP contribution in [0, 0.1) is 11.3 Å². The first-order chi connectivity index (χ1) is 9.93. The highest BCUT2D eigenvalue weighted by atomic mass is 16.5. The number of rotatable bonds is 7. The van der Waals surface area contributed by atoms with Crippen LogP contribution in [0.2, 0.25) is 0 Å². The number of allylic oxidation sites excluding steroid dienone is 5. The van der Waals surface area contributed by atoms with E-state index in [0.29, 0.717) is 6.42 Å². The summed E-state index contributed by atoms with van der Waals surface area (Å²) in [6.45, 7) is 6.27. The van der Waals surface area contributed by atoms with E-state index < -0.39 is 17.4 Å². The number of carbonyl (C=O) groups excluding carboxylic acids is 1. The van der Waals surface area contributed by atoms with E-state index in [1.165, 1.54) is 0 Å². The molecule has 4 heteroatoms. The Balaban J connectivity index is 3.02. The summed E-state index contributed by atoms with van der Waals surface area (Å²) in [6, 6.07) is 0. The van der Waals surface area contributed by atoms with Crippen LogP contribution in [0.3, 0.4) is 0 Å². The number of carboxylic acids is 1. The topological polar surface area (TPSA) is 63.6 Å². The number of hydrogen-bond acceptors (Lipinski definition) is 3. The summed E-state index contributed by atoms with van der Waals surface area (Å²) in [5, 5.41) is 9.32. The predicted molar refractivity (Wildman–Crippen MR) is 81.8 cm³/mol. The number of esters is 1. The van der Waals surface area contributed by atoms with E-state index in [-0.39, 0.29) is 18.1 Å². The lowest BCUT2D eigenvalue weighted by atomic mass is 9.71. The fourth-order valence-corrected chi connectivity index (χ4v) is 2.22. The normalized spacial score (nSPS) is 21.6. The third kappa shape index (κ3) is 4.59. The van der Waals surface area contributed by atoms with Gasteiger partial charge in [0, 0.05) is 5.41 Å². The average molecular weight is 292 g/mol. The maximum Gasteiger partial charge on any atom is 0.345 e. The summed E-state index contributed by atoms with van der Waals surface area (Å²) in [7, 11) is 0. The zero-order valence-corrected chi connectivity index (χ0v) is 13.0. The van der Waals surface area contributed by atoms with Crippen LogP contribution in [-0.2, 0) is 14.3 Å². The molecule has 1 rings (SSSR count). The molecular formula is C17H24O4. The van der Waals surface area contributed by atoms with Crippen LogP contribution >= 0.6 is 0 Å². The van der Waals surface area contributed by atoms with Crippen LogP contribution in [0.1, 0.15) is 40.0 Å². The number of carboxylic acid groups (broad SMARTS) is 1. The summed E-state index contributed by atoms with van der Waals surface area (Å²) >= 11 is 0. The highest BCUT2D eigenvalue weighted by Gasteiger charge is 2.32. The Labute approximate surface area is 126 Å². The number of ether oxygens (including phenoxy) is 1. The van der Waals surface area contributed by atoms with E-state index >= 15 is 0 Å². The molecule has 21 heavy (non-hydrogen) atoms. The molecule has 0 radical (unpaired) electrons. The van der Waals surface area contributed by atoms with Crippen LogP contribution in [0.15, 0.2) is 36.0 Å². The van der Waals surface area contributed by atoms with Gasteiger partial charge in [0.25, 0.3) is 0 Å². The van der Waals surface area contributed by atoms with Crippen LogP contribution in [0.25, 0.3) is 0 Å². The second kappa shape index (κ2) is 7.81. The molecule has 0 saturated heterocycles. The van der Waals surface area contributed by atoms with Crippen molar-refractivity contribution in [2.75, 3.05) is 6.61 Å². The zero-order chi connectivity index (χ0) is 15.9. The van der Waals surface area contributed by atoms with Gasteiger partial charge in [-0.25, -0.2) is 9.59 Å². The van der Waals surface area contributed by atoms with Crippen molar-refractivity contribution in [2.24, 2.45) is 11.3 Å². The molecule has 0 amide bonds. The standard InChI is InChI=1S/C17H24O4/c1-4-5-11-21-16(20)14(15(18)19)12-17(13(2)3)9-7-6-8-10-17/h6-9,12-13H,4-5,10-11H2,1-3H3,(H,18,19). The van der Waals surface area contributed by atoms with Crippen LogP contribution in [-0.4, -0.2) is 23.7 Å². The predicted octanol–water partition coefficient (Wildman–Crippen LogP) is 3.50. The lowest BCUT2D eigenvalue weighted by Gasteiger charge is -2.32. The van der Waals surface area contributed by atoms with E-state index in [1.807, 2.05) is 45.1 Å². The van der Waals surface area contributed by atoms with Crippen LogP contribution in [0.4, 0.5) is 0 Å². The molecule has 0 bridgehead atoms. The summed E-state index contributed by atoms with van der Waals surface area (Å²) in [5.41, 5.74) is -0.730. The SMILES string of the molecule is CCCCOC(=O)C(=CC1(C(C)C)C=CC=CC1)C(=O)O. The molecule has 4 nitrogen and oxygen atoms in total. The fraction of sp³-hybridized carbons (Fsp3) is 0.529. The van der Waals surface area contributed by atoms with Crippen molar-refractivity contribution in [1.29, 1.82) is 0 Å². The van der Waals surface area contributed by atoms with E-state index in [9.17, 15) is 14.7 Å². The number of carbonyl (C=O) groups is 2. The largest absolute Gasteiger partial charge is 0.477 e. The van der Waals surface area contributed by atoms with E-state index in [0.717, 1.165) is 12.8 Å². The minimum Gasteiger partial charge on any atom is -0.477 e. The molecular weight excluding hydrogens is 268 g/mol. The Bertz CT molecular complexity index is 471. The van der Waals surface area contributed by atoms with Gasteiger partial charge in [-0.15, -0.1) is 0 Å². The van der Waals surface area contributed by atoms with Gasteiger partial charge in [0.1, 0.15) is 5.57 Å². The molecule has 0 fully saturated rings. The van der Waals surface area contributed by atoms with Crippen molar-refractivity contribution >= 4 is 11.9 Å². The highest BCUT2D eigenvalue weighted by Crippen LogP contribution is 2.38. The van der Waals surface area contributed by atoms with Gasteiger partial charge in [0.15, 0.2) is 0 Å². The fourth-order valence-electron chi connectivity index (χ4n) is 2.22. The van der Waals surface area contributed by atoms with E-state index in [4.69, 9.17) is 4.74 Å². The first-order valence-corrected chi connectivity index (χ1v) is 7.40. The van der Waals surface area contributed by atoms with Gasteiger partial charge in [0.2, 0.25) is 0 Å². The quantitative estimate of drug-likeness (QED) is 0.256. The highest BCUT2D eigenvalue weighted by molar-refractivity contribution is 6.13. The average Bonchev–Trinajstić information content (AvgIpc) is 2.45. The summed E-state index contributed by atoms with van der Waals surface area (Å²) in [5.74, 6) is -1.81. The lowest BCUT2D eigenvalue weighted by Crippen LogP contribution is -2.27. The molecule has 0 aromatic rings. The van der Waals surface area contributed by atoms with E-state index in [1.54, 1.807) is 6.08 Å². The molecule has 0 aromatic carbocycles. The second-order valence-corrected chi connectivity index (χ2v) is 5.61. The Morgan fingerprint density at radius 3 is 2.57 bits per heavy atom. The van der Waals surface area contributed by atoms with Gasteiger partial charge >= 0.3 is 11.9 Å². The van der Waals surface area contributed by atoms with Crippen LogP contribution < -0.4 is 0 Å². The van der Waals surface area contributed by atoms with Gasteiger partial charge in [-0.1, -0.05) is 57.6 Å². The molecule has 1 atom stereocenters. The van der Waals surface area contributed by atoms with E-state index in [2.05, 4.69) is 0 Å². The molecule has 0 spiro atoms. The van der Waals surface area contributed by atoms with Gasteiger partial charge in [-0.3, -0.25) is 0 Å². The van der Waals surface area contributed by atoms with Crippen molar-refractivity contribution < 1.29 is 19.4 Å². The van der Waals surface area contributed by atoms with Crippen molar-refractivity contribution in [3.8, 4) is 0 Å². The third-order valence-electron chi connectivity index (χ3n) is 3.79. The molecule has 0 saturated carbocycles. The summed E-state index contributed by atoms with van der Waals surface area (Å²) < 4.78 is 5.04. The Kier molecular flexibility index (Phi) is 6.40. The van der Waals surface area contributed by atoms with Gasteiger partial charge in [0.05, 0.1) is 6.61 Å². The molecule has 0 aromatic heterocycles. The number of hydrogen-bond donors (Lipinski definition) is 1. The Morgan fingerprint density at radius 1 is 1.38 bits per heavy atom. The minimum absolute atomic E-state index is 0.177. The van der Waals surface area contributed by atoms with Crippen molar-refractivity contribution in [2.45, 2.75) is 40.0 Å². The third-order valence-corrected chi connectivity index (χ3v) is 3.79. The molecule has 0 aliphatic heterocycles. The maximum absolute atomic E-state index is 12.0. The lowest BCUT2D eigenvalue weighted by molar-refractivity contribution is -0.144. The molecule has 0 heterocycles. The number of aliphatic carboxylic acids is 1. The van der Waals surface area contributed by atoms with Crippen molar-refractivity contribution in [3.05, 3.63) is 36.0 Å². The minimum atomic E-state index is -1.24. The van der Waals surface area contributed by atoms with Crippen molar-refractivity contribution in [3.63, 3.8) is 0 Å². The monoisotopic (exact) mass is 292 g/mol. The van der Waals surface area contributed by atoms with Gasteiger partial charge in [-0.05, 0) is 18.8 Å². The maximum atomic E-state index is 12.0. The second-order valence-electron chi connectivity index (χ2n) is 5.61. The van der Waals surface area contributed by atoms with Crippen molar-refractivity contribution in [1.82, 2.24) is 0 Å². The Morgan fingerprint density at radius 2 is 2.10 bits per heavy atom. The molecule has 1 unspecified atom stereocenters. The first-order valence-electron chi connectivity index (χ1n) is 7.40. The Hall–Kier alpha value is -1.84. The first kappa shape index (κ1) is 17.2. The van der Waals surface area contributed by atoms with Gasteiger partial charge < -0.3 is 9.84 Å². The zero-order valence-electron chi connectivity index (χ0n) is 13.0. The number of unbranched alkanes of at least 4 members (excludes halogenated alkanes) is 1. The molecule has 116 valence electrons. The van der Waals surface area contributed by atoms with Gasteiger partial charge in [-0.2, -0.15) is 0 Å². The van der Waals surface area contributed by atoms with Crippen LogP contribution in [0.5, 0.6) is 0 Å². The smallest absolute Gasteiger partial charge is 0.345 e. The molecule has 1 N–H and O–H groups in total. The summed E-state index contributed by atoms with van der Waals surface area (Å²) in [6.07, 6.45) is 11.6. The molecule has 1 aliphatic rings.